The molecule has 0 saturated heterocycles. The number of hydrogen-bond donors (Lipinski definition) is 3. The number of carboxylic acids is 1. The molecule has 3 N–H and O–H groups in total. The molecular formula is C15H16FN3O3. The number of benzene rings is 1. The Morgan fingerprint density at radius 2 is 2.14 bits per heavy atom. The Morgan fingerprint density at radius 3 is 2.68 bits per heavy atom. The standard InChI is InChI=1S/C15H16FN3O3/c1-3-10-7-12(19-18-10)14(20)17-13(15(21)22)9-4-5-11(16)8(2)6-9/h4-7,13H,3H2,1-2H3,(H,17,20)(H,18,19)(H,21,22). The molecule has 1 atom stereocenters. The molecule has 0 aliphatic rings. The van der Waals surface area contributed by atoms with E-state index in [0.717, 1.165) is 5.69 Å². The number of H-pyrrole nitrogens is 1. The molecule has 0 radical (unpaired) electrons. The smallest absolute Gasteiger partial charge is 0.330 e. The molecular weight excluding hydrogens is 289 g/mol. The van der Waals surface area contributed by atoms with Crippen molar-refractivity contribution in [3.8, 4) is 0 Å². The Bertz CT molecular complexity index is 712. The normalized spacial score (nSPS) is 12.0. The van der Waals surface area contributed by atoms with E-state index in [1.54, 1.807) is 6.07 Å². The van der Waals surface area contributed by atoms with E-state index in [0.29, 0.717) is 17.5 Å². The molecule has 0 fully saturated rings. The molecule has 0 saturated carbocycles. The number of aliphatic carboxylic acids is 1. The van der Waals surface area contributed by atoms with Crippen LogP contribution in [-0.4, -0.2) is 27.2 Å². The van der Waals surface area contributed by atoms with Crippen molar-refractivity contribution < 1.29 is 19.1 Å². The molecule has 6 nitrogen and oxygen atoms in total. The summed E-state index contributed by atoms with van der Waals surface area (Å²) in [6.07, 6.45) is 0.680. The lowest BCUT2D eigenvalue weighted by Gasteiger charge is -2.15. The Balaban J connectivity index is 2.23. The molecule has 1 heterocycles. The van der Waals surface area contributed by atoms with Gasteiger partial charge in [-0.3, -0.25) is 9.89 Å². The van der Waals surface area contributed by atoms with Gasteiger partial charge in [0.2, 0.25) is 0 Å². The third-order valence-corrected chi connectivity index (χ3v) is 3.28. The Hall–Kier alpha value is -2.70. The summed E-state index contributed by atoms with van der Waals surface area (Å²) < 4.78 is 13.3. The first-order valence-corrected chi connectivity index (χ1v) is 6.76. The fourth-order valence-corrected chi connectivity index (χ4v) is 2.00. The second kappa shape index (κ2) is 6.38. The summed E-state index contributed by atoms with van der Waals surface area (Å²) in [4.78, 5) is 23.5. The molecule has 22 heavy (non-hydrogen) atoms. The number of aromatic nitrogens is 2. The lowest BCUT2D eigenvalue weighted by atomic mass is 10.0. The highest BCUT2D eigenvalue weighted by atomic mass is 19.1. The molecule has 1 unspecified atom stereocenters. The van der Waals surface area contributed by atoms with Crippen LogP contribution in [0, 0.1) is 12.7 Å². The van der Waals surface area contributed by atoms with Crippen molar-refractivity contribution in [2.45, 2.75) is 26.3 Å². The monoisotopic (exact) mass is 305 g/mol. The molecule has 0 bridgehead atoms. The van der Waals surface area contributed by atoms with E-state index in [9.17, 15) is 19.1 Å². The van der Waals surface area contributed by atoms with Gasteiger partial charge in [0.25, 0.3) is 5.91 Å². The van der Waals surface area contributed by atoms with Gasteiger partial charge >= 0.3 is 5.97 Å². The van der Waals surface area contributed by atoms with Gasteiger partial charge in [-0.25, -0.2) is 9.18 Å². The van der Waals surface area contributed by atoms with E-state index in [2.05, 4.69) is 15.5 Å². The van der Waals surface area contributed by atoms with Crippen LogP contribution in [0.25, 0.3) is 0 Å². The van der Waals surface area contributed by atoms with Crippen LogP contribution in [0.5, 0.6) is 0 Å². The van der Waals surface area contributed by atoms with Crippen molar-refractivity contribution in [2.24, 2.45) is 0 Å². The van der Waals surface area contributed by atoms with E-state index in [-0.39, 0.29) is 5.69 Å². The first kappa shape index (κ1) is 15.7. The molecule has 2 rings (SSSR count). The van der Waals surface area contributed by atoms with Crippen LogP contribution in [0.1, 0.15) is 40.3 Å². The highest BCUT2D eigenvalue weighted by Crippen LogP contribution is 2.18. The van der Waals surface area contributed by atoms with Crippen LogP contribution in [0.4, 0.5) is 4.39 Å². The highest BCUT2D eigenvalue weighted by molar-refractivity contribution is 5.95. The maximum atomic E-state index is 13.3. The van der Waals surface area contributed by atoms with Crippen molar-refractivity contribution in [3.63, 3.8) is 0 Å². The van der Waals surface area contributed by atoms with Gasteiger partial charge in [0.1, 0.15) is 11.5 Å². The summed E-state index contributed by atoms with van der Waals surface area (Å²) in [5.41, 5.74) is 1.49. The number of aryl methyl sites for hydroxylation is 2. The number of amides is 1. The average molecular weight is 305 g/mol. The first-order valence-electron chi connectivity index (χ1n) is 6.76. The number of carboxylic acid groups (broad SMARTS) is 1. The van der Waals surface area contributed by atoms with Crippen molar-refractivity contribution in [3.05, 3.63) is 52.6 Å². The van der Waals surface area contributed by atoms with Crippen LogP contribution in [0.15, 0.2) is 24.3 Å². The zero-order valence-corrected chi connectivity index (χ0v) is 12.2. The van der Waals surface area contributed by atoms with Crippen LogP contribution in [0.3, 0.4) is 0 Å². The van der Waals surface area contributed by atoms with Gasteiger partial charge < -0.3 is 10.4 Å². The number of carbonyl (C=O) groups excluding carboxylic acids is 1. The van der Waals surface area contributed by atoms with E-state index in [4.69, 9.17) is 0 Å². The maximum Gasteiger partial charge on any atom is 0.330 e. The summed E-state index contributed by atoms with van der Waals surface area (Å²) >= 11 is 0. The largest absolute Gasteiger partial charge is 0.479 e. The maximum absolute atomic E-state index is 13.3. The van der Waals surface area contributed by atoms with Crippen LogP contribution in [0.2, 0.25) is 0 Å². The number of carbonyl (C=O) groups is 2. The fourth-order valence-electron chi connectivity index (χ4n) is 2.00. The Labute approximate surface area is 126 Å². The number of nitrogens with zero attached hydrogens (tertiary/aromatic N) is 1. The summed E-state index contributed by atoms with van der Waals surface area (Å²) in [5, 5.41) is 18.2. The van der Waals surface area contributed by atoms with Crippen molar-refractivity contribution in [1.82, 2.24) is 15.5 Å². The number of halogens is 1. The van der Waals surface area contributed by atoms with Crippen LogP contribution in [-0.2, 0) is 11.2 Å². The molecule has 2 aromatic rings. The van der Waals surface area contributed by atoms with Crippen molar-refractivity contribution >= 4 is 11.9 Å². The van der Waals surface area contributed by atoms with Crippen LogP contribution < -0.4 is 5.32 Å². The van der Waals surface area contributed by atoms with Gasteiger partial charge in [-0.05, 0) is 36.6 Å². The zero-order valence-electron chi connectivity index (χ0n) is 12.2. The third-order valence-electron chi connectivity index (χ3n) is 3.28. The SMILES string of the molecule is CCc1cc(C(=O)NC(C(=O)O)c2ccc(F)c(C)c2)n[nH]1. The minimum Gasteiger partial charge on any atom is -0.479 e. The van der Waals surface area contributed by atoms with Gasteiger partial charge in [0, 0.05) is 5.69 Å². The highest BCUT2D eigenvalue weighted by Gasteiger charge is 2.24. The van der Waals surface area contributed by atoms with Gasteiger partial charge in [0.05, 0.1) is 0 Å². The fraction of sp³-hybridized carbons (Fsp3) is 0.267. The van der Waals surface area contributed by atoms with E-state index in [1.165, 1.54) is 25.1 Å². The molecule has 1 aromatic carbocycles. The van der Waals surface area contributed by atoms with E-state index >= 15 is 0 Å². The molecule has 1 aromatic heterocycles. The third kappa shape index (κ3) is 3.30. The molecule has 1 amide bonds. The Morgan fingerprint density at radius 1 is 1.41 bits per heavy atom. The lowest BCUT2D eigenvalue weighted by molar-refractivity contribution is -0.139. The Kier molecular flexibility index (Phi) is 4.55. The second-order valence-corrected chi connectivity index (χ2v) is 4.89. The van der Waals surface area contributed by atoms with E-state index in [1.807, 2.05) is 6.92 Å². The lowest BCUT2D eigenvalue weighted by Crippen LogP contribution is -2.34. The number of aromatic amines is 1. The van der Waals surface area contributed by atoms with E-state index < -0.39 is 23.7 Å². The average Bonchev–Trinajstić information content (AvgIpc) is 2.96. The second-order valence-electron chi connectivity index (χ2n) is 4.89. The van der Waals surface area contributed by atoms with Crippen molar-refractivity contribution in [1.29, 1.82) is 0 Å². The zero-order chi connectivity index (χ0) is 16.3. The topological polar surface area (TPSA) is 95.1 Å². The number of nitrogens with one attached hydrogen (secondary N) is 2. The number of rotatable bonds is 5. The summed E-state index contributed by atoms with van der Waals surface area (Å²) in [6, 6.07) is 4.20. The van der Waals surface area contributed by atoms with Gasteiger partial charge in [-0.2, -0.15) is 5.10 Å². The van der Waals surface area contributed by atoms with Crippen molar-refractivity contribution in [2.75, 3.05) is 0 Å². The van der Waals surface area contributed by atoms with Gasteiger partial charge in [0.15, 0.2) is 6.04 Å². The number of hydrogen-bond acceptors (Lipinski definition) is 3. The molecule has 0 aliphatic heterocycles. The predicted octanol–water partition coefficient (Wildman–Crippen LogP) is 1.98. The van der Waals surface area contributed by atoms with Gasteiger partial charge in [-0.1, -0.05) is 19.1 Å². The minimum absolute atomic E-state index is 0.113. The quantitative estimate of drug-likeness (QED) is 0.787. The van der Waals surface area contributed by atoms with Gasteiger partial charge in [-0.15, -0.1) is 0 Å². The predicted molar refractivity (Wildman–Crippen MR) is 76.9 cm³/mol. The molecule has 0 spiro atoms. The summed E-state index contributed by atoms with van der Waals surface area (Å²) in [7, 11) is 0. The molecule has 7 heteroatoms. The first-order chi connectivity index (χ1) is 10.4. The van der Waals surface area contributed by atoms with Crippen LogP contribution >= 0.6 is 0 Å². The summed E-state index contributed by atoms with van der Waals surface area (Å²) in [6.45, 7) is 3.43. The minimum atomic E-state index is -1.27. The summed E-state index contributed by atoms with van der Waals surface area (Å²) in [5.74, 6) is -2.27. The molecule has 116 valence electrons. The molecule has 0 aliphatic carbocycles.